The van der Waals surface area contributed by atoms with Crippen molar-refractivity contribution in [3.8, 4) is 0 Å². The summed E-state index contributed by atoms with van der Waals surface area (Å²) in [7, 11) is -4.53. The Kier molecular flexibility index (Phi) is 3.59. The van der Waals surface area contributed by atoms with Crippen LogP contribution in [0.3, 0.4) is 0 Å². The molecule has 0 heterocycles. The summed E-state index contributed by atoms with van der Waals surface area (Å²) in [6, 6.07) is 7.80. The summed E-state index contributed by atoms with van der Waals surface area (Å²) in [5.41, 5.74) is 0. The minimum absolute atomic E-state index is 0.116. The molecule has 8 heteroatoms. The van der Waals surface area contributed by atoms with Crippen molar-refractivity contribution in [3.63, 3.8) is 0 Å². The van der Waals surface area contributed by atoms with E-state index in [1.807, 2.05) is 0 Å². The van der Waals surface area contributed by atoms with Crippen molar-refractivity contribution in [2.24, 2.45) is 0 Å². The van der Waals surface area contributed by atoms with E-state index in [1.165, 1.54) is 18.2 Å². The summed E-state index contributed by atoms with van der Waals surface area (Å²) >= 11 is 25.1. The summed E-state index contributed by atoms with van der Waals surface area (Å²) in [6.07, 6.45) is 0. The third kappa shape index (κ3) is 2.18. The van der Waals surface area contributed by atoms with Crippen molar-refractivity contribution in [1.82, 2.24) is 0 Å². The highest BCUT2D eigenvalue weighted by Gasteiger charge is 2.24. The Bertz CT molecular complexity index is 1270. The molecule has 4 aromatic rings. The van der Waals surface area contributed by atoms with Gasteiger partial charge in [-0.3, -0.25) is 4.55 Å². The van der Waals surface area contributed by atoms with Crippen LogP contribution in [0.2, 0.25) is 20.1 Å². The Hall–Kier alpha value is -1.01. The molecule has 0 saturated heterocycles. The minimum Gasteiger partial charge on any atom is -0.282 e. The van der Waals surface area contributed by atoms with Gasteiger partial charge in [0.25, 0.3) is 10.1 Å². The molecular formula is C16H6Cl4O3S. The Morgan fingerprint density at radius 2 is 1.17 bits per heavy atom. The zero-order valence-corrected chi connectivity index (χ0v) is 15.4. The molecule has 1 N–H and O–H groups in total. The molecule has 0 aliphatic carbocycles. The van der Waals surface area contributed by atoms with Gasteiger partial charge in [0.1, 0.15) is 4.90 Å². The second-order valence-electron chi connectivity index (χ2n) is 5.36. The number of benzene rings is 4. The van der Waals surface area contributed by atoms with E-state index in [2.05, 4.69) is 0 Å². The van der Waals surface area contributed by atoms with E-state index in [9.17, 15) is 13.0 Å². The third-order valence-electron chi connectivity index (χ3n) is 4.04. The number of halogens is 4. The lowest BCUT2D eigenvalue weighted by atomic mass is 9.94. The maximum absolute atomic E-state index is 11.9. The van der Waals surface area contributed by atoms with E-state index in [0.29, 0.717) is 37.0 Å². The third-order valence-corrected chi connectivity index (χ3v) is 6.16. The van der Waals surface area contributed by atoms with Crippen molar-refractivity contribution >= 4 is 88.8 Å². The van der Waals surface area contributed by atoms with Gasteiger partial charge in [-0.15, -0.1) is 0 Å². The van der Waals surface area contributed by atoms with E-state index in [1.54, 1.807) is 12.1 Å². The first-order chi connectivity index (χ1) is 11.2. The second-order valence-corrected chi connectivity index (χ2v) is 8.38. The van der Waals surface area contributed by atoms with Gasteiger partial charge in [-0.1, -0.05) is 58.5 Å². The van der Waals surface area contributed by atoms with Gasteiger partial charge in [-0.2, -0.15) is 8.42 Å². The molecule has 122 valence electrons. The second kappa shape index (κ2) is 5.24. The minimum atomic E-state index is -4.53. The molecule has 0 bridgehead atoms. The molecule has 0 unspecified atom stereocenters. The molecule has 3 nitrogen and oxygen atoms in total. The van der Waals surface area contributed by atoms with Crippen LogP contribution in [-0.4, -0.2) is 13.0 Å². The van der Waals surface area contributed by atoms with Gasteiger partial charge in [0.2, 0.25) is 0 Å². The normalized spacial score (nSPS) is 12.7. The summed E-state index contributed by atoms with van der Waals surface area (Å²) in [5.74, 6) is 0. The molecule has 4 aromatic carbocycles. The van der Waals surface area contributed by atoms with Gasteiger partial charge in [0, 0.05) is 47.4 Å². The summed E-state index contributed by atoms with van der Waals surface area (Å²) in [6.45, 7) is 0. The standard InChI is InChI=1S/C16H6Cl4O3S/c17-9-4-11(19)8-3-13(24(21,22)23)16-12(20)5-10(18)7-2-1-6(9)14(8)15(7)16/h1-5H,(H,21,22,23). The van der Waals surface area contributed by atoms with Gasteiger partial charge < -0.3 is 0 Å². The molecule has 0 aliphatic rings. The predicted molar refractivity (Wildman–Crippen MR) is 100 cm³/mol. The lowest BCUT2D eigenvalue weighted by Gasteiger charge is -2.17. The first kappa shape index (κ1) is 16.5. The van der Waals surface area contributed by atoms with E-state index >= 15 is 0 Å². The fraction of sp³-hybridized carbons (Fsp3) is 0. The average molecular weight is 420 g/mol. The van der Waals surface area contributed by atoms with Crippen LogP contribution in [0.1, 0.15) is 0 Å². The number of hydrogen-bond donors (Lipinski definition) is 1. The number of hydrogen-bond acceptors (Lipinski definition) is 2. The molecule has 0 aliphatic heterocycles. The monoisotopic (exact) mass is 418 g/mol. The number of rotatable bonds is 1. The predicted octanol–water partition coefficient (Wildman–Crippen LogP) is 6.44. The van der Waals surface area contributed by atoms with E-state index in [0.717, 1.165) is 0 Å². The van der Waals surface area contributed by atoms with Crippen LogP contribution >= 0.6 is 46.4 Å². The van der Waals surface area contributed by atoms with Crippen LogP contribution in [0.15, 0.2) is 35.2 Å². The van der Waals surface area contributed by atoms with E-state index < -0.39 is 10.1 Å². The first-order valence-electron chi connectivity index (χ1n) is 6.62. The fourth-order valence-corrected chi connectivity index (χ4v) is 5.10. The lowest BCUT2D eigenvalue weighted by molar-refractivity contribution is 0.484. The van der Waals surface area contributed by atoms with Crippen LogP contribution in [0.5, 0.6) is 0 Å². The van der Waals surface area contributed by atoms with Crippen molar-refractivity contribution in [3.05, 3.63) is 50.4 Å². The molecule has 4 rings (SSSR count). The highest BCUT2D eigenvalue weighted by Crippen LogP contribution is 2.47. The average Bonchev–Trinajstić information content (AvgIpc) is 2.48. The Morgan fingerprint density at radius 3 is 1.75 bits per heavy atom. The topological polar surface area (TPSA) is 54.4 Å². The van der Waals surface area contributed by atoms with Gasteiger partial charge in [0.15, 0.2) is 0 Å². The van der Waals surface area contributed by atoms with Crippen molar-refractivity contribution in [2.45, 2.75) is 4.90 Å². The Labute approximate surface area is 156 Å². The smallest absolute Gasteiger partial charge is 0.282 e. The summed E-state index contributed by atoms with van der Waals surface area (Å²) < 4.78 is 33.5. The van der Waals surface area contributed by atoms with Crippen LogP contribution in [0.4, 0.5) is 0 Å². The molecule has 0 atom stereocenters. The van der Waals surface area contributed by atoms with Crippen molar-refractivity contribution in [1.29, 1.82) is 0 Å². The van der Waals surface area contributed by atoms with Crippen molar-refractivity contribution < 1.29 is 13.0 Å². The largest absolute Gasteiger partial charge is 0.295 e. The van der Waals surface area contributed by atoms with E-state index in [4.69, 9.17) is 46.4 Å². The Balaban J connectivity index is 2.51. The van der Waals surface area contributed by atoms with Crippen LogP contribution in [-0.2, 0) is 10.1 Å². The van der Waals surface area contributed by atoms with E-state index in [-0.39, 0.29) is 20.3 Å². The van der Waals surface area contributed by atoms with Crippen molar-refractivity contribution in [2.75, 3.05) is 0 Å². The molecule has 0 fully saturated rings. The first-order valence-corrected chi connectivity index (χ1v) is 9.57. The van der Waals surface area contributed by atoms with Gasteiger partial charge in [-0.25, -0.2) is 0 Å². The molecule has 0 aromatic heterocycles. The summed E-state index contributed by atoms with van der Waals surface area (Å²) in [4.78, 5) is -0.321. The van der Waals surface area contributed by atoms with Crippen LogP contribution in [0, 0.1) is 0 Å². The zero-order chi connectivity index (χ0) is 17.4. The quantitative estimate of drug-likeness (QED) is 0.285. The van der Waals surface area contributed by atoms with Crippen LogP contribution in [0.25, 0.3) is 32.3 Å². The van der Waals surface area contributed by atoms with Crippen LogP contribution < -0.4 is 0 Å². The van der Waals surface area contributed by atoms with Gasteiger partial charge >= 0.3 is 0 Å². The van der Waals surface area contributed by atoms with Gasteiger partial charge in [0.05, 0.1) is 5.02 Å². The molecule has 24 heavy (non-hydrogen) atoms. The highest BCUT2D eigenvalue weighted by molar-refractivity contribution is 7.86. The zero-order valence-electron chi connectivity index (χ0n) is 11.6. The molecule has 0 radical (unpaired) electrons. The molecule has 0 amide bonds. The SMILES string of the molecule is O=S(=O)(O)c1cc2c(Cl)cc(Cl)c3ccc4c(Cl)cc(Cl)c1c4c32. The van der Waals surface area contributed by atoms with Gasteiger partial charge in [-0.05, 0) is 18.2 Å². The Morgan fingerprint density at radius 1 is 0.667 bits per heavy atom. The fourth-order valence-electron chi connectivity index (χ4n) is 3.10. The maximum atomic E-state index is 11.9. The molecular weight excluding hydrogens is 414 g/mol. The summed E-state index contributed by atoms with van der Waals surface area (Å²) in [5, 5.41) is 4.23. The molecule has 0 spiro atoms. The maximum Gasteiger partial charge on any atom is 0.295 e. The highest BCUT2D eigenvalue weighted by atomic mass is 35.5. The molecule has 0 saturated carbocycles. The lowest BCUT2D eigenvalue weighted by Crippen LogP contribution is -2.01.